The maximum absolute atomic E-state index is 13.6. The van der Waals surface area contributed by atoms with Gasteiger partial charge in [-0.2, -0.15) is 0 Å². The van der Waals surface area contributed by atoms with Gasteiger partial charge in [0.15, 0.2) is 5.82 Å². The molecule has 0 aromatic carbocycles. The van der Waals surface area contributed by atoms with E-state index in [9.17, 15) is 4.79 Å². The Labute approximate surface area is 188 Å². The van der Waals surface area contributed by atoms with Crippen LogP contribution in [0.2, 0.25) is 0 Å². The Morgan fingerprint density at radius 3 is 2.94 bits per heavy atom. The SMILES string of the molecule is C=C(C)CN1c2cccnc2-n2cccc2[C@@]12CCN(C(=O)c1c(C)noc1CCC)C2. The van der Waals surface area contributed by atoms with Gasteiger partial charge in [0.25, 0.3) is 5.91 Å². The van der Waals surface area contributed by atoms with Gasteiger partial charge in [-0.25, -0.2) is 4.98 Å². The third-order valence-corrected chi connectivity index (χ3v) is 6.61. The summed E-state index contributed by atoms with van der Waals surface area (Å²) in [6, 6.07) is 8.31. The van der Waals surface area contributed by atoms with Crippen molar-refractivity contribution in [1.29, 1.82) is 0 Å². The first-order chi connectivity index (χ1) is 15.5. The van der Waals surface area contributed by atoms with E-state index in [1.807, 2.05) is 31.0 Å². The molecule has 1 amide bonds. The molecule has 2 aliphatic rings. The van der Waals surface area contributed by atoms with Crippen molar-refractivity contribution in [2.24, 2.45) is 0 Å². The molecule has 0 aliphatic carbocycles. The number of fused-ring (bicyclic) bond motifs is 4. The van der Waals surface area contributed by atoms with E-state index in [-0.39, 0.29) is 11.4 Å². The number of carbonyl (C=O) groups excluding carboxylic acids is 1. The average molecular weight is 432 g/mol. The molecule has 1 spiro atoms. The number of rotatable bonds is 5. The number of amides is 1. The van der Waals surface area contributed by atoms with Crippen LogP contribution >= 0.6 is 0 Å². The lowest BCUT2D eigenvalue weighted by Gasteiger charge is -2.47. The lowest BCUT2D eigenvalue weighted by atomic mass is 9.88. The number of likely N-dealkylation sites (tertiary alicyclic amines) is 1. The van der Waals surface area contributed by atoms with Crippen LogP contribution in [0.5, 0.6) is 0 Å². The first kappa shape index (κ1) is 20.5. The summed E-state index contributed by atoms with van der Waals surface area (Å²) < 4.78 is 7.66. The van der Waals surface area contributed by atoms with E-state index in [4.69, 9.17) is 4.52 Å². The molecule has 1 fully saturated rings. The molecule has 0 saturated carbocycles. The van der Waals surface area contributed by atoms with Crippen molar-refractivity contribution >= 4 is 11.6 Å². The summed E-state index contributed by atoms with van der Waals surface area (Å²) in [6.07, 6.45) is 6.34. The molecule has 166 valence electrons. The van der Waals surface area contributed by atoms with Gasteiger partial charge in [-0.1, -0.05) is 24.2 Å². The Morgan fingerprint density at radius 1 is 1.31 bits per heavy atom. The Hall–Kier alpha value is -3.35. The zero-order valence-electron chi connectivity index (χ0n) is 19.0. The van der Waals surface area contributed by atoms with Crippen LogP contribution in [-0.2, 0) is 12.0 Å². The summed E-state index contributed by atoms with van der Waals surface area (Å²) in [7, 11) is 0. The van der Waals surface area contributed by atoms with Crippen LogP contribution < -0.4 is 4.90 Å². The zero-order valence-corrected chi connectivity index (χ0v) is 19.0. The summed E-state index contributed by atoms with van der Waals surface area (Å²) in [5.41, 5.74) is 4.26. The minimum absolute atomic E-state index is 0.00874. The quantitative estimate of drug-likeness (QED) is 0.565. The van der Waals surface area contributed by atoms with Gasteiger partial charge in [-0.15, -0.1) is 0 Å². The van der Waals surface area contributed by atoms with Gasteiger partial charge in [-0.05, 0) is 51.0 Å². The predicted octanol–water partition coefficient (Wildman–Crippen LogP) is 4.26. The summed E-state index contributed by atoms with van der Waals surface area (Å²) in [5, 5.41) is 4.09. The fraction of sp³-hybridized carbons (Fsp3) is 0.400. The number of aromatic nitrogens is 3. The van der Waals surface area contributed by atoms with Crippen LogP contribution in [0.1, 0.15) is 54.2 Å². The molecule has 1 atom stereocenters. The summed E-state index contributed by atoms with van der Waals surface area (Å²) in [6.45, 7) is 12.1. The van der Waals surface area contributed by atoms with Crippen molar-refractivity contribution in [3.8, 4) is 5.82 Å². The second-order valence-electron chi connectivity index (χ2n) is 8.98. The number of carbonyl (C=O) groups is 1. The highest BCUT2D eigenvalue weighted by molar-refractivity contribution is 5.96. The lowest BCUT2D eigenvalue weighted by Crippen LogP contribution is -2.53. The van der Waals surface area contributed by atoms with Crippen molar-refractivity contribution in [2.45, 2.75) is 45.6 Å². The molecule has 0 N–H and O–H groups in total. The highest BCUT2D eigenvalue weighted by Crippen LogP contribution is 2.47. The molecule has 0 bridgehead atoms. The van der Waals surface area contributed by atoms with Crippen molar-refractivity contribution in [3.63, 3.8) is 0 Å². The van der Waals surface area contributed by atoms with E-state index < -0.39 is 0 Å². The third-order valence-electron chi connectivity index (χ3n) is 6.61. The maximum atomic E-state index is 13.6. The molecule has 7 heteroatoms. The van der Waals surface area contributed by atoms with Gasteiger partial charge in [0.2, 0.25) is 0 Å². The van der Waals surface area contributed by atoms with Crippen molar-refractivity contribution < 1.29 is 9.32 Å². The number of pyridine rings is 1. The molecule has 5 rings (SSSR count). The first-order valence-electron chi connectivity index (χ1n) is 11.3. The summed E-state index contributed by atoms with van der Waals surface area (Å²) in [5.74, 6) is 1.62. The van der Waals surface area contributed by atoms with E-state index >= 15 is 0 Å². The fourth-order valence-corrected chi connectivity index (χ4v) is 5.25. The zero-order chi connectivity index (χ0) is 22.5. The smallest absolute Gasteiger partial charge is 0.259 e. The van der Waals surface area contributed by atoms with E-state index in [0.717, 1.165) is 35.6 Å². The number of anilines is 1. The lowest BCUT2D eigenvalue weighted by molar-refractivity contribution is 0.0779. The largest absolute Gasteiger partial charge is 0.360 e. The highest BCUT2D eigenvalue weighted by atomic mass is 16.5. The second-order valence-corrected chi connectivity index (χ2v) is 8.98. The van der Waals surface area contributed by atoms with Gasteiger partial charge in [0.1, 0.15) is 16.9 Å². The summed E-state index contributed by atoms with van der Waals surface area (Å²) >= 11 is 0. The minimum Gasteiger partial charge on any atom is -0.360 e. The van der Waals surface area contributed by atoms with E-state index in [1.54, 1.807) is 0 Å². The predicted molar refractivity (Wildman–Crippen MR) is 123 cm³/mol. The average Bonchev–Trinajstić information content (AvgIpc) is 3.51. The molecular weight excluding hydrogens is 402 g/mol. The van der Waals surface area contributed by atoms with Gasteiger partial charge in [0.05, 0.1) is 17.1 Å². The third kappa shape index (κ3) is 2.98. The molecule has 0 radical (unpaired) electrons. The van der Waals surface area contributed by atoms with Gasteiger partial charge in [0, 0.05) is 38.4 Å². The van der Waals surface area contributed by atoms with Crippen LogP contribution in [-0.4, -0.2) is 45.1 Å². The second kappa shape index (κ2) is 7.65. The topological polar surface area (TPSA) is 67.4 Å². The van der Waals surface area contributed by atoms with Gasteiger partial charge < -0.3 is 18.9 Å². The molecule has 0 unspecified atom stereocenters. The summed E-state index contributed by atoms with van der Waals surface area (Å²) in [4.78, 5) is 22.7. The molecule has 3 aromatic rings. The molecule has 5 heterocycles. The molecule has 7 nitrogen and oxygen atoms in total. The maximum Gasteiger partial charge on any atom is 0.259 e. The van der Waals surface area contributed by atoms with Crippen molar-refractivity contribution in [3.05, 3.63) is 71.5 Å². The molecule has 1 saturated heterocycles. The highest BCUT2D eigenvalue weighted by Gasteiger charge is 2.51. The van der Waals surface area contributed by atoms with Crippen molar-refractivity contribution in [1.82, 2.24) is 19.6 Å². The minimum atomic E-state index is -0.343. The van der Waals surface area contributed by atoms with Crippen molar-refractivity contribution in [2.75, 3.05) is 24.5 Å². The van der Waals surface area contributed by atoms with Gasteiger partial charge in [-0.3, -0.25) is 4.79 Å². The molecule has 32 heavy (non-hydrogen) atoms. The van der Waals surface area contributed by atoms with Gasteiger partial charge >= 0.3 is 0 Å². The number of nitrogens with zero attached hydrogens (tertiary/aromatic N) is 5. The van der Waals surface area contributed by atoms with E-state index in [1.165, 1.54) is 0 Å². The number of hydrogen-bond donors (Lipinski definition) is 0. The van der Waals surface area contributed by atoms with Crippen LogP contribution in [0, 0.1) is 6.92 Å². The van der Waals surface area contributed by atoms with Crippen LogP contribution in [0.15, 0.2) is 53.3 Å². The molecular formula is C25H29N5O2. The van der Waals surface area contributed by atoms with Crippen LogP contribution in [0.4, 0.5) is 5.69 Å². The van der Waals surface area contributed by atoms with E-state index in [0.29, 0.717) is 43.1 Å². The Bertz CT molecular complexity index is 1190. The number of aryl methyl sites for hydroxylation is 2. The van der Waals surface area contributed by atoms with E-state index in [2.05, 4.69) is 57.5 Å². The normalized spacial score (nSPS) is 19.3. The Kier molecular flexibility index (Phi) is 4.92. The molecule has 3 aromatic heterocycles. The first-order valence-corrected chi connectivity index (χ1v) is 11.3. The standard InChI is InChI=1S/C25H29N5O2/c1-5-8-20-22(18(4)27-32-20)24(31)28-14-11-25(16-28)21-10-7-13-29(21)23-19(9-6-12-26-23)30(25)15-17(2)3/h6-7,9-10,12-13H,2,5,8,11,14-16H2,1,3-4H3/t25-/m0/s1. The monoisotopic (exact) mass is 431 g/mol. The Morgan fingerprint density at radius 2 is 2.16 bits per heavy atom. The Balaban J connectivity index is 1.57. The number of hydrogen-bond acceptors (Lipinski definition) is 5. The van der Waals surface area contributed by atoms with Crippen LogP contribution in [0.25, 0.3) is 5.82 Å². The van der Waals surface area contributed by atoms with Crippen LogP contribution in [0.3, 0.4) is 0 Å². The fourth-order valence-electron chi connectivity index (χ4n) is 5.25. The molecule has 2 aliphatic heterocycles.